The molecule has 0 aliphatic carbocycles. The van der Waals surface area contributed by atoms with Crippen molar-refractivity contribution in [1.82, 2.24) is 5.43 Å². The number of rotatable bonds is 12. The van der Waals surface area contributed by atoms with E-state index >= 15 is 0 Å². The van der Waals surface area contributed by atoms with Gasteiger partial charge in [0.05, 0.1) is 20.8 Å². The molecule has 0 spiro atoms. The minimum Gasteiger partial charge on any atom is -0.276 e. The van der Waals surface area contributed by atoms with E-state index in [0.29, 0.717) is 27.3 Å². The topological polar surface area (TPSA) is 44.7 Å². The zero-order valence-electron chi connectivity index (χ0n) is 36.4. The summed E-state index contributed by atoms with van der Waals surface area (Å²) in [5.74, 6) is 0.187. The van der Waals surface area contributed by atoms with E-state index in [1.165, 1.54) is 39.0 Å². The summed E-state index contributed by atoms with van der Waals surface area (Å²) in [4.78, 5) is 21.1. The smallest absolute Gasteiger partial charge is 0.267 e. The molecule has 1 aliphatic heterocycles. The molecule has 4 nitrogen and oxygen atoms in total. The third kappa shape index (κ3) is 10.9. The van der Waals surface area contributed by atoms with Crippen LogP contribution in [-0.4, -0.2) is 17.0 Å². The molecule has 1 N–H and O–H groups in total. The van der Waals surface area contributed by atoms with Gasteiger partial charge in [-0.15, -0.1) is 24.4 Å². The van der Waals surface area contributed by atoms with Crippen LogP contribution in [0.5, 0.6) is 0 Å². The second-order valence-electron chi connectivity index (χ2n) is 17.8. The summed E-state index contributed by atoms with van der Waals surface area (Å²) < 4.78 is 0. The summed E-state index contributed by atoms with van der Waals surface area (Å²) in [5, 5.41) is 2.03. The van der Waals surface area contributed by atoms with Crippen molar-refractivity contribution in [3.8, 4) is 0 Å². The van der Waals surface area contributed by atoms with Gasteiger partial charge >= 0.3 is 0 Å². The van der Waals surface area contributed by atoms with Crippen LogP contribution in [0.2, 0.25) is 20.1 Å². The van der Waals surface area contributed by atoms with E-state index in [2.05, 4.69) is 138 Å². The van der Waals surface area contributed by atoms with Crippen molar-refractivity contribution in [2.24, 2.45) is 4.99 Å². The first-order valence-electron chi connectivity index (χ1n) is 20.2. The van der Waals surface area contributed by atoms with Crippen LogP contribution >= 0.6 is 70.8 Å². The van der Waals surface area contributed by atoms with Crippen LogP contribution < -0.4 is 10.4 Å². The maximum absolute atomic E-state index is 14.1. The Morgan fingerprint density at radius 3 is 1.69 bits per heavy atom. The molecule has 0 aromatic heterocycles. The Morgan fingerprint density at radius 1 is 0.672 bits per heavy atom. The Kier molecular flexibility index (Phi) is 16.0. The molecule has 10 heteroatoms. The van der Waals surface area contributed by atoms with E-state index in [4.69, 9.17) is 51.4 Å². The number of thioether (sulfide) groups is 1. The van der Waals surface area contributed by atoms with Crippen LogP contribution in [0.3, 0.4) is 0 Å². The van der Waals surface area contributed by atoms with Crippen molar-refractivity contribution in [1.29, 1.82) is 0 Å². The molecule has 58 heavy (non-hydrogen) atoms. The Labute approximate surface area is 378 Å². The van der Waals surface area contributed by atoms with Crippen LogP contribution in [0.15, 0.2) is 81.5 Å². The number of benzene rings is 4. The monoisotopic (exact) mass is 899 g/mol. The Morgan fingerprint density at radius 2 is 1.17 bits per heavy atom. The molecule has 4 aromatic rings. The first-order chi connectivity index (χ1) is 26.9. The number of hydrogen-bond donors (Lipinski definition) is 2. The second kappa shape index (κ2) is 19.2. The zero-order valence-corrected chi connectivity index (χ0v) is 41.2. The normalized spacial score (nSPS) is 15.8. The van der Waals surface area contributed by atoms with Gasteiger partial charge in [-0.3, -0.25) is 10.2 Å². The Balaban J connectivity index is 0.000000366. The molecular weight excluding hydrogens is 840 g/mol. The molecule has 1 fully saturated rings. The maximum atomic E-state index is 14.1. The molecule has 1 heterocycles. The van der Waals surface area contributed by atoms with E-state index in [0.717, 1.165) is 41.0 Å². The lowest BCUT2D eigenvalue weighted by molar-refractivity contribution is -0.116. The van der Waals surface area contributed by atoms with Gasteiger partial charge in [-0.2, -0.15) is 0 Å². The van der Waals surface area contributed by atoms with Crippen LogP contribution in [-0.2, 0) is 26.5 Å². The first-order valence-corrected chi connectivity index (χ1v) is 23.0. The number of amides is 1. The molecular formula is C48H61Cl4N3OS2. The highest BCUT2D eigenvalue weighted by Crippen LogP contribution is 2.44. The van der Waals surface area contributed by atoms with Crippen LogP contribution in [0.25, 0.3) is 0 Å². The molecule has 0 saturated carbocycles. The van der Waals surface area contributed by atoms with Crippen LogP contribution in [0.4, 0.5) is 11.4 Å². The number of hydrogen-bond acceptors (Lipinski definition) is 4. The fourth-order valence-electron chi connectivity index (χ4n) is 6.40. The Bertz CT molecular complexity index is 2140. The molecule has 314 valence electrons. The number of nitrogens with one attached hydrogen (secondary N) is 1. The number of hydrazine groups is 1. The quantitative estimate of drug-likeness (QED) is 0.139. The largest absolute Gasteiger partial charge is 0.276 e. The van der Waals surface area contributed by atoms with Gasteiger partial charge in [0.15, 0.2) is 0 Å². The lowest BCUT2D eigenvalue weighted by Gasteiger charge is -2.31. The predicted octanol–water partition coefficient (Wildman–Crippen LogP) is 16.1. The first kappa shape index (κ1) is 48.3. The number of thiol groups is 1. The number of halogens is 4. The van der Waals surface area contributed by atoms with Crippen molar-refractivity contribution >= 4 is 93.9 Å². The van der Waals surface area contributed by atoms with Gasteiger partial charge in [0, 0.05) is 14.8 Å². The minimum atomic E-state index is -0.702. The summed E-state index contributed by atoms with van der Waals surface area (Å²) in [6.07, 6.45) is 4.25. The van der Waals surface area contributed by atoms with E-state index < -0.39 is 5.25 Å². The molecule has 1 saturated heterocycles. The lowest BCUT2D eigenvalue weighted by atomic mass is 9.76. The molecule has 1 atom stereocenters. The molecule has 5 rings (SSSR count). The number of anilines is 1. The minimum absolute atomic E-state index is 0.0280. The van der Waals surface area contributed by atoms with Crippen molar-refractivity contribution < 1.29 is 4.79 Å². The summed E-state index contributed by atoms with van der Waals surface area (Å²) >= 11 is 31.9. The highest BCUT2D eigenvalue weighted by molar-refractivity contribution is 8.01. The SMILES string of the molecule is CCC(C)(C)c1ccc(S)c(C(C)(C)CC)c1.CCC(C)(C)c1ccc(SC2C(=O)N(c3c(Cl)cc(Cl)cc3Cl)NC2=Nc2ccc(C)cc2Cl)c(C(C)(C)CC)c1. The summed E-state index contributed by atoms with van der Waals surface area (Å²) in [5.41, 5.74) is 10.7. The fourth-order valence-corrected chi connectivity index (χ4v) is 9.39. The second-order valence-corrected chi connectivity index (χ2v) is 21.1. The van der Waals surface area contributed by atoms with E-state index in [1.54, 1.807) is 12.1 Å². The lowest BCUT2D eigenvalue weighted by Crippen LogP contribution is -2.36. The third-order valence-corrected chi connectivity index (χ3v) is 15.0. The van der Waals surface area contributed by atoms with E-state index in [1.807, 2.05) is 25.1 Å². The zero-order chi connectivity index (χ0) is 43.5. The number of nitrogens with zero attached hydrogens (tertiary/aromatic N) is 2. The van der Waals surface area contributed by atoms with Crippen molar-refractivity contribution in [2.75, 3.05) is 5.01 Å². The predicted molar refractivity (Wildman–Crippen MR) is 258 cm³/mol. The number of aliphatic imine (C=N–C) groups is 1. The fraction of sp³-hybridized carbons (Fsp3) is 0.458. The molecule has 1 amide bonds. The van der Waals surface area contributed by atoms with E-state index in [9.17, 15) is 4.79 Å². The highest BCUT2D eigenvalue weighted by Gasteiger charge is 2.42. The van der Waals surface area contributed by atoms with Crippen LogP contribution in [0, 0.1) is 6.92 Å². The number of amidine groups is 1. The van der Waals surface area contributed by atoms with Gasteiger partial charge in [0.2, 0.25) is 0 Å². The third-order valence-electron chi connectivity index (χ3n) is 12.2. The van der Waals surface area contributed by atoms with Gasteiger partial charge in [0.25, 0.3) is 5.91 Å². The summed E-state index contributed by atoms with van der Waals surface area (Å²) in [6.45, 7) is 29.1. The molecule has 1 aliphatic rings. The van der Waals surface area contributed by atoms with Gasteiger partial charge in [-0.05, 0) is 118 Å². The summed E-state index contributed by atoms with van der Waals surface area (Å²) in [6, 6.07) is 22.1. The number of aryl methyl sites for hydroxylation is 1. The average molecular weight is 902 g/mol. The molecule has 1 unspecified atom stereocenters. The molecule has 4 aromatic carbocycles. The molecule has 0 radical (unpaired) electrons. The van der Waals surface area contributed by atoms with Gasteiger partial charge in [0.1, 0.15) is 16.8 Å². The van der Waals surface area contributed by atoms with Gasteiger partial charge in [-0.25, -0.2) is 10.0 Å². The van der Waals surface area contributed by atoms with E-state index in [-0.39, 0.29) is 37.6 Å². The number of carbonyl (C=O) groups excluding carboxylic acids is 1. The standard InChI is InChI=1S/C32H35Cl4N3OS.C16H26S/c1-8-31(4,5)19-11-13-26(21(15-19)32(6,7)9-2)41-28-29(37-25-12-10-18(3)14-22(25)34)38-39(30(28)40)27-23(35)16-20(33)17-24(27)36;1-7-15(3,4)12-9-10-14(17)13(11-12)16(5,6)8-2/h10-17,28H,8-9H2,1-7H3,(H,37,38);9-11,17H,7-8H2,1-6H3. The summed E-state index contributed by atoms with van der Waals surface area (Å²) in [7, 11) is 0. The Hall–Kier alpha value is -2.32. The van der Waals surface area contributed by atoms with Crippen LogP contribution in [0.1, 0.15) is 137 Å². The maximum Gasteiger partial charge on any atom is 0.267 e. The van der Waals surface area contributed by atoms with Crippen molar-refractivity contribution in [3.63, 3.8) is 0 Å². The highest BCUT2D eigenvalue weighted by atomic mass is 35.5. The average Bonchev–Trinajstić information content (AvgIpc) is 3.45. The van der Waals surface area contributed by atoms with Gasteiger partial charge < -0.3 is 0 Å². The number of carbonyl (C=O) groups is 1. The molecule has 0 bridgehead atoms. The van der Waals surface area contributed by atoms with Gasteiger partial charge in [-0.1, -0.05) is 160 Å². The van der Waals surface area contributed by atoms with Crippen molar-refractivity contribution in [2.45, 2.75) is 152 Å². The van der Waals surface area contributed by atoms with Crippen molar-refractivity contribution in [3.05, 3.63) is 115 Å².